The van der Waals surface area contributed by atoms with Gasteiger partial charge in [0.1, 0.15) is 5.82 Å². The lowest BCUT2D eigenvalue weighted by molar-refractivity contribution is -0.136. The zero-order chi connectivity index (χ0) is 22.7. The van der Waals surface area contributed by atoms with E-state index in [0.29, 0.717) is 0 Å². The summed E-state index contributed by atoms with van der Waals surface area (Å²) in [4.78, 5) is 27.1. The maximum Gasteiger partial charge on any atom is 0.313 e. The minimum absolute atomic E-state index is 0.0969. The molecule has 2 aromatic carbocycles. The topological polar surface area (TPSA) is 66.4 Å². The molecular weight excluding hydrogens is 431 g/mol. The summed E-state index contributed by atoms with van der Waals surface area (Å²) in [5.74, 6) is -2.19. The maximum atomic E-state index is 13.3. The van der Waals surface area contributed by atoms with E-state index in [-0.39, 0.29) is 23.3 Å². The molecule has 0 radical (unpaired) electrons. The molecule has 2 heterocycles. The summed E-state index contributed by atoms with van der Waals surface area (Å²) < 4.78 is 15.3. The Balaban J connectivity index is 1.45. The van der Waals surface area contributed by atoms with Crippen molar-refractivity contribution in [3.05, 3.63) is 88.5 Å². The Labute approximate surface area is 191 Å². The average molecular weight is 455 g/mol. The van der Waals surface area contributed by atoms with Crippen LogP contribution in [0.15, 0.2) is 60.8 Å². The van der Waals surface area contributed by atoms with Crippen LogP contribution in [0.3, 0.4) is 0 Å². The fourth-order valence-electron chi connectivity index (χ4n) is 4.06. The minimum atomic E-state index is -0.831. The van der Waals surface area contributed by atoms with Crippen molar-refractivity contribution in [1.29, 1.82) is 0 Å². The van der Waals surface area contributed by atoms with Crippen LogP contribution in [0, 0.1) is 5.82 Å². The Morgan fingerprint density at radius 1 is 1.09 bits per heavy atom. The van der Waals surface area contributed by atoms with Gasteiger partial charge >= 0.3 is 11.8 Å². The molecule has 0 bridgehead atoms. The number of halogens is 2. The fraction of sp³-hybridized carbons (Fsp3) is 0.250. The number of amides is 2. The standard InChI is InChI=1S/C24H24ClFN4O2/c1-29-11-4-7-21(29)22(30-12-10-16-5-2-3-6-17(16)15-30)14-27-23(31)24(32)28-18-8-9-20(26)19(25)13-18/h2-9,11,13,22H,10,12,14-15H2,1H3,(H,27,31)(H,28,32). The summed E-state index contributed by atoms with van der Waals surface area (Å²) in [6.07, 6.45) is 2.89. The number of anilines is 1. The van der Waals surface area contributed by atoms with Gasteiger partial charge in [-0.05, 0) is 47.9 Å². The molecule has 0 aliphatic carbocycles. The second kappa shape index (κ2) is 9.54. The van der Waals surface area contributed by atoms with Gasteiger partial charge in [0, 0.05) is 44.3 Å². The molecule has 1 unspecified atom stereocenters. The predicted molar refractivity (Wildman–Crippen MR) is 122 cm³/mol. The van der Waals surface area contributed by atoms with Crippen molar-refractivity contribution in [3.63, 3.8) is 0 Å². The first-order chi connectivity index (χ1) is 15.4. The van der Waals surface area contributed by atoms with Crippen LogP contribution in [0.5, 0.6) is 0 Å². The van der Waals surface area contributed by atoms with E-state index in [1.54, 1.807) is 0 Å². The number of carbonyl (C=O) groups is 2. The normalized spacial score (nSPS) is 14.5. The van der Waals surface area contributed by atoms with E-state index in [1.165, 1.54) is 23.3 Å². The van der Waals surface area contributed by atoms with Crippen LogP contribution in [0.4, 0.5) is 10.1 Å². The Kier molecular flexibility index (Phi) is 6.58. The second-order valence-corrected chi connectivity index (χ2v) is 8.25. The molecule has 0 saturated heterocycles. The predicted octanol–water partition coefficient (Wildman–Crippen LogP) is 3.67. The number of carbonyl (C=O) groups excluding carboxylic acids is 2. The summed E-state index contributed by atoms with van der Waals surface area (Å²) in [6.45, 7) is 1.89. The number of aryl methyl sites for hydroxylation is 1. The van der Waals surface area contributed by atoms with E-state index < -0.39 is 17.6 Å². The van der Waals surface area contributed by atoms with Crippen LogP contribution in [0.2, 0.25) is 5.02 Å². The van der Waals surface area contributed by atoms with Gasteiger partial charge in [0.15, 0.2) is 0 Å². The largest absolute Gasteiger partial charge is 0.353 e. The van der Waals surface area contributed by atoms with Crippen molar-refractivity contribution in [2.24, 2.45) is 7.05 Å². The van der Waals surface area contributed by atoms with Crippen LogP contribution >= 0.6 is 11.6 Å². The summed E-state index contributed by atoms with van der Waals surface area (Å²) in [5, 5.41) is 5.08. The Bertz CT molecular complexity index is 1150. The molecule has 1 aliphatic rings. The number of fused-ring (bicyclic) bond motifs is 1. The first-order valence-corrected chi connectivity index (χ1v) is 10.8. The van der Waals surface area contributed by atoms with Gasteiger partial charge in [0.2, 0.25) is 0 Å². The number of benzene rings is 2. The van der Waals surface area contributed by atoms with Gasteiger partial charge in [-0.1, -0.05) is 35.9 Å². The smallest absolute Gasteiger partial charge is 0.313 e. The summed E-state index contributed by atoms with van der Waals surface area (Å²) in [7, 11) is 1.97. The van der Waals surface area contributed by atoms with Gasteiger partial charge in [-0.25, -0.2) is 4.39 Å². The van der Waals surface area contributed by atoms with Crippen LogP contribution in [0.1, 0.15) is 22.9 Å². The highest BCUT2D eigenvalue weighted by Crippen LogP contribution is 2.27. The van der Waals surface area contributed by atoms with Crippen molar-refractivity contribution in [1.82, 2.24) is 14.8 Å². The SMILES string of the molecule is Cn1cccc1C(CNC(=O)C(=O)Nc1ccc(F)c(Cl)c1)N1CCc2ccccc2C1. The van der Waals surface area contributed by atoms with Gasteiger partial charge in [-0.15, -0.1) is 0 Å². The molecule has 3 aromatic rings. The number of aromatic nitrogens is 1. The molecule has 1 aromatic heterocycles. The Morgan fingerprint density at radius 3 is 2.59 bits per heavy atom. The number of rotatable bonds is 5. The molecule has 2 N–H and O–H groups in total. The van der Waals surface area contributed by atoms with E-state index in [0.717, 1.165) is 31.3 Å². The van der Waals surface area contributed by atoms with Gasteiger partial charge in [0.05, 0.1) is 11.1 Å². The van der Waals surface area contributed by atoms with Gasteiger partial charge in [-0.2, -0.15) is 0 Å². The van der Waals surface area contributed by atoms with E-state index in [2.05, 4.69) is 33.7 Å². The first-order valence-electron chi connectivity index (χ1n) is 10.4. The molecule has 0 fully saturated rings. The molecule has 32 heavy (non-hydrogen) atoms. The van der Waals surface area contributed by atoms with Crippen molar-refractivity contribution in [2.45, 2.75) is 19.0 Å². The summed E-state index contributed by atoms with van der Waals surface area (Å²) >= 11 is 5.74. The van der Waals surface area contributed by atoms with E-state index in [9.17, 15) is 14.0 Å². The molecular formula is C24H24ClFN4O2. The van der Waals surface area contributed by atoms with Gasteiger partial charge in [0.25, 0.3) is 0 Å². The zero-order valence-corrected chi connectivity index (χ0v) is 18.4. The van der Waals surface area contributed by atoms with Crippen LogP contribution in [-0.4, -0.2) is 34.4 Å². The lowest BCUT2D eigenvalue weighted by Gasteiger charge is -2.36. The van der Waals surface area contributed by atoms with E-state index >= 15 is 0 Å². The van der Waals surface area contributed by atoms with Crippen molar-refractivity contribution < 1.29 is 14.0 Å². The number of nitrogens with one attached hydrogen (secondary N) is 2. The molecule has 1 atom stereocenters. The highest BCUT2D eigenvalue weighted by Gasteiger charge is 2.27. The lowest BCUT2D eigenvalue weighted by Crippen LogP contribution is -2.44. The van der Waals surface area contributed by atoms with Crippen molar-refractivity contribution in [2.75, 3.05) is 18.4 Å². The monoisotopic (exact) mass is 454 g/mol. The lowest BCUT2D eigenvalue weighted by atomic mass is 9.98. The van der Waals surface area contributed by atoms with Gasteiger partial charge < -0.3 is 15.2 Å². The van der Waals surface area contributed by atoms with Gasteiger partial charge in [-0.3, -0.25) is 14.5 Å². The molecule has 8 heteroatoms. The molecule has 4 rings (SSSR count). The summed E-state index contributed by atoms with van der Waals surface area (Å²) in [5.41, 5.74) is 3.92. The summed E-state index contributed by atoms with van der Waals surface area (Å²) in [6, 6.07) is 16.0. The molecule has 166 valence electrons. The van der Waals surface area contributed by atoms with Crippen LogP contribution in [-0.2, 0) is 29.6 Å². The van der Waals surface area contributed by atoms with Crippen LogP contribution in [0.25, 0.3) is 0 Å². The quantitative estimate of drug-likeness (QED) is 0.578. The first kappa shape index (κ1) is 22.0. The number of nitrogens with zero attached hydrogens (tertiary/aromatic N) is 2. The zero-order valence-electron chi connectivity index (χ0n) is 17.6. The minimum Gasteiger partial charge on any atom is -0.353 e. The molecule has 0 spiro atoms. The second-order valence-electron chi connectivity index (χ2n) is 7.84. The van der Waals surface area contributed by atoms with Crippen LogP contribution < -0.4 is 10.6 Å². The van der Waals surface area contributed by atoms with Crippen molar-refractivity contribution >= 4 is 29.1 Å². The molecule has 6 nitrogen and oxygen atoms in total. The highest BCUT2D eigenvalue weighted by atomic mass is 35.5. The highest BCUT2D eigenvalue weighted by molar-refractivity contribution is 6.39. The molecule has 1 aliphatic heterocycles. The van der Waals surface area contributed by atoms with E-state index in [4.69, 9.17) is 11.6 Å². The van der Waals surface area contributed by atoms with Crippen molar-refractivity contribution in [3.8, 4) is 0 Å². The molecule has 0 saturated carbocycles. The maximum absolute atomic E-state index is 13.3. The Hall–Kier alpha value is -3.16. The average Bonchev–Trinajstić information content (AvgIpc) is 3.21. The third kappa shape index (κ3) is 4.84. The molecule has 2 amide bonds. The number of hydrogen-bond acceptors (Lipinski definition) is 3. The van der Waals surface area contributed by atoms with E-state index in [1.807, 2.05) is 36.0 Å². The fourth-order valence-corrected chi connectivity index (χ4v) is 4.24. The third-order valence-corrected chi connectivity index (χ3v) is 6.06. The number of hydrogen-bond donors (Lipinski definition) is 2. The third-order valence-electron chi connectivity index (χ3n) is 5.77. The Morgan fingerprint density at radius 2 is 1.88 bits per heavy atom.